The van der Waals surface area contributed by atoms with E-state index in [1.807, 2.05) is 26.0 Å². The summed E-state index contributed by atoms with van der Waals surface area (Å²) < 4.78 is 22.1. The maximum absolute atomic E-state index is 13.6. The van der Waals surface area contributed by atoms with Crippen molar-refractivity contribution in [3.63, 3.8) is 0 Å². The molecule has 1 amide bonds. The van der Waals surface area contributed by atoms with Crippen LogP contribution in [0.5, 0.6) is 23.0 Å². The number of methoxy groups -OCH3 is 3. The lowest BCUT2D eigenvalue weighted by molar-refractivity contribution is -0.132. The number of hydrogen-bond acceptors (Lipinski definition) is 7. The van der Waals surface area contributed by atoms with Gasteiger partial charge in [0.1, 0.15) is 22.8 Å². The lowest BCUT2D eigenvalue weighted by atomic mass is 9.94. The molecule has 198 valence electrons. The summed E-state index contributed by atoms with van der Waals surface area (Å²) in [5, 5.41) is 11.6. The quantitative estimate of drug-likeness (QED) is 0.234. The number of ether oxygens (including phenoxy) is 4. The Morgan fingerprint density at radius 2 is 1.47 bits per heavy atom. The summed E-state index contributed by atoms with van der Waals surface area (Å²) in [6.45, 7) is 4.27. The summed E-state index contributed by atoms with van der Waals surface area (Å²) >= 11 is 0. The summed E-state index contributed by atoms with van der Waals surface area (Å²) in [6, 6.07) is 16.6. The number of Topliss-reactive ketones (excluding diaryl/α,β-unsaturated/α-hetero) is 1. The topological polar surface area (TPSA) is 94.5 Å². The first-order valence-corrected chi connectivity index (χ1v) is 12.3. The number of hydrogen-bond donors (Lipinski definition) is 1. The Balaban J connectivity index is 2.01. The number of aliphatic hydroxyl groups excluding tert-OH is 1. The molecular formula is C30H31NO7. The maximum atomic E-state index is 13.6. The maximum Gasteiger partial charge on any atom is 0.300 e. The molecule has 1 atom stereocenters. The van der Waals surface area contributed by atoms with E-state index in [4.69, 9.17) is 18.9 Å². The van der Waals surface area contributed by atoms with E-state index in [1.54, 1.807) is 48.5 Å². The van der Waals surface area contributed by atoms with Gasteiger partial charge >= 0.3 is 0 Å². The first-order valence-electron chi connectivity index (χ1n) is 12.3. The largest absolute Gasteiger partial charge is 0.506 e. The standard InChI is InChI=1S/C30H31NO7/c1-6-18-11-14-20(15-12-18)31-27(19-13-16-21(35-3)24(17-19)38-7-2)26(29(33)30(31)34)28(32)25-22(36-4)9-8-10-23(25)37-5/h8-17,27,32H,6-7H2,1-5H3/b28-26+. The van der Waals surface area contributed by atoms with Crippen molar-refractivity contribution < 1.29 is 33.6 Å². The van der Waals surface area contributed by atoms with Crippen LogP contribution in [0.25, 0.3) is 5.76 Å². The third kappa shape index (κ3) is 4.65. The molecule has 0 bridgehead atoms. The number of aryl methyl sites for hydroxylation is 1. The Hall–Kier alpha value is -4.46. The summed E-state index contributed by atoms with van der Waals surface area (Å²) in [4.78, 5) is 28.5. The molecule has 3 aromatic carbocycles. The third-order valence-electron chi connectivity index (χ3n) is 6.54. The molecule has 4 rings (SSSR count). The van der Waals surface area contributed by atoms with Crippen molar-refractivity contribution in [3.8, 4) is 23.0 Å². The summed E-state index contributed by atoms with van der Waals surface area (Å²) in [5.74, 6) is -0.436. The van der Waals surface area contributed by atoms with Gasteiger partial charge in [0.2, 0.25) is 0 Å². The Labute approximate surface area is 222 Å². The molecule has 1 aliphatic heterocycles. The van der Waals surface area contributed by atoms with Crippen molar-refractivity contribution >= 4 is 23.1 Å². The number of carbonyl (C=O) groups is 2. The van der Waals surface area contributed by atoms with Crippen molar-refractivity contribution in [2.45, 2.75) is 26.3 Å². The second-order valence-corrected chi connectivity index (χ2v) is 8.57. The van der Waals surface area contributed by atoms with E-state index >= 15 is 0 Å². The van der Waals surface area contributed by atoms with Gasteiger partial charge in [-0.15, -0.1) is 0 Å². The highest BCUT2D eigenvalue weighted by Crippen LogP contribution is 2.46. The normalized spacial score (nSPS) is 16.4. The fraction of sp³-hybridized carbons (Fsp3) is 0.267. The van der Waals surface area contributed by atoms with Crippen LogP contribution < -0.4 is 23.8 Å². The molecule has 1 N–H and O–H groups in total. The van der Waals surface area contributed by atoms with E-state index in [9.17, 15) is 14.7 Å². The van der Waals surface area contributed by atoms with Crippen molar-refractivity contribution in [2.24, 2.45) is 0 Å². The zero-order valence-corrected chi connectivity index (χ0v) is 22.1. The molecule has 8 heteroatoms. The summed E-state index contributed by atoms with van der Waals surface area (Å²) in [5.41, 5.74) is 2.26. The molecular weight excluding hydrogens is 486 g/mol. The van der Waals surface area contributed by atoms with Gasteiger partial charge in [-0.3, -0.25) is 14.5 Å². The number of nitrogens with zero attached hydrogens (tertiary/aromatic N) is 1. The third-order valence-corrected chi connectivity index (χ3v) is 6.54. The lowest BCUT2D eigenvalue weighted by Crippen LogP contribution is -2.29. The van der Waals surface area contributed by atoms with Gasteiger partial charge in [-0.1, -0.05) is 31.2 Å². The highest BCUT2D eigenvalue weighted by atomic mass is 16.5. The minimum Gasteiger partial charge on any atom is -0.506 e. The average molecular weight is 518 g/mol. The molecule has 1 heterocycles. The number of amides is 1. The number of anilines is 1. The Morgan fingerprint density at radius 3 is 2.03 bits per heavy atom. The van der Waals surface area contributed by atoms with Crippen molar-refractivity contribution in [1.29, 1.82) is 0 Å². The van der Waals surface area contributed by atoms with Gasteiger partial charge in [0.25, 0.3) is 11.7 Å². The number of rotatable bonds is 9. The fourth-order valence-electron chi connectivity index (χ4n) is 4.66. The van der Waals surface area contributed by atoms with E-state index in [0.717, 1.165) is 12.0 Å². The number of benzene rings is 3. The SMILES string of the molecule is CCOc1cc(C2/C(=C(\O)c3c(OC)cccc3OC)C(=O)C(=O)N2c2ccc(CC)cc2)ccc1OC. The zero-order valence-electron chi connectivity index (χ0n) is 22.1. The molecule has 3 aromatic rings. The monoisotopic (exact) mass is 517 g/mol. The van der Waals surface area contributed by atoms with Crippen LogP contribution in [0.3, 0.4) is 0 Å². The summed E-state index contributed by atoms with van der Waals surface area (Å²) in [6.07, 6.45) is 0.826. The molecule has 8 nitrogen and oxygen atoms in total. The van der Waals surface area contributed by atoms with Gasteiger partial charge in [0.05, 0.1) is 39.6 Å². The number of aliphatic hydroxyl groups is 1. The van der Waals surface area contributed by atoms with Crippen LogP contribution in [0.4, 0.5) is 5.69 Å². The van der Waals surface area contributed by atoms with Crippen LogP contribution in [0, 0.1) is 0 Å². The van der Waals surface area contributed by atoms with Gasteiger partial charge in [0.15, 0.2) is 11.5 Å². The predicted molar refractivity (Wildman–Crippen MR) is 144 cm³/mol. The second kappa shape index (κ2) is 11.3. The van der Waals surface area contributed by atoms with E-state index < -0.39 is 23.5 Å². The fourth-order valence-corrected chi connectivity index (χ4v) is 4.66. The predicted octanol–water partition coefficient (Wildman–Crippen LogP) is 5.30. The molecule has 1 aliphatic rings. The first-order chi connectivity index (χ1) is 18.4. The van der Waals surface area contributed by atoms with E-state index in [-0.39, 0.29) is 11.1 Å². The molecule has 1 fully saturated rings. The van der Waals surface area contributed by atoms with E-state index in [1.165, 1.54) is 26.2 Å². The van der Waals surface area contributed by atoms with Crippen LogP contribution in [0.1, 0.15) is 36.6 Å². The Morgan fingerprint density at radius 1 is 0.842 bits per heavy atom. The first kappa shape index (κ1) is 26.6. The van der Waals surface area contributed by atoms with Gasteiger partial charge in [0, 0.05) is 5.69 Å². The highest BCUT2D eigenvalue weighted by Gasteiger charge is 2.47. The van der Waals surface area contributed by atoms with Crippen molar-refractivity contribution in [2.75, 3.05) is 32.8 Å². The Kier molecular flexibility index (Phi) is 7.90. The van der Waals surface area contributed by atoms with Crippen LogP contribution >= 0.6 is 0 Å². The highest BCUT2D eigenvalue weighted by molar-refractivity contribution is 6.51. The van der Waals surface area contributed by atoms with Crippen LogP contribution in [0.15, 0.2) is 66.2 Å². The molecule has 1 unspecified atom stereocenters. The smallest absolute Gasteiger partial charge is 0.300 e. The van der Waals surface area contributed by atoms with Crippen LogP contribution in [-0.4, -0.2) is 44.7 Å². The van der Waals surface area contributed by atoms with Crippen molar-refractivity contribution in [3.05, 3.63) is 82.9 Å². The Bertz CT molecular complexity index is 1360. The molecule has 1 saturated heterocycles. The molecule has 0 saturated carbocycles. The minimum absolute atomic E-state index is 0.0926. The zero-order chi connectivity index (χ0) is 27.4. The minimum atomic E-state index is -0.956. The lowest BCUT2D eigenvalue weighted by Gasteiger charge is -2.26. The van der Waals surface area contributed by atoms with Gasteiger partial charge < -0.3 is 24.1 Å². The average Bonchev–Trinajstić information content (AvgIpc) is 3.22. The molecule has 0 aromatic heterocycles. The second-order valence-electron chi connectivity index (χ2n) is 8.57. The molecule has 0 aliphatic carbocycles. The number of ketones is 1. The van der Waals surface area contributed by atoms with Gasteiger partial charge in [-0.25, -0.2) is 0 Å². The molecule has 38 heavy (non-hydrogen) atoms. The molecule has 0 spiro atoms. The van der Waals surface area contributed by atoms with E-state index in [2.05, 4.69) is 0 Å². The van der Waals surface area contributed by atoms with E-state index in [0.29, 0.717) is 40.9 Å². The summed E-state index contributed by atoms with van der Waals surface area (Å²) in [7, 11) is 4.44. The van der Waals surface area contributed by atoms with Crippen molar-refractivity contribution in [1.82, 2.24) is 0 Å². The van der Waals surface area contributed by atoms with Gasteiger partial charge in [-0.05, 0) is 60.9 Å². The van der Waals surface area contributed by atoms with Gasteiger partial charge in [-0.2, -0.15) is 0 Å². The molecule has 0 radical (unpaired) electrons. The van der Waals surface area contributed by atoms with Crippen LogP contribution in [-0.2, 0) is 16.0 Å². The van der Waals surface area contributed by atoms with Crippen LogP contribution in [0.2, 0.25) is 0 Å². The number of carbonyl (C=O) groups excluding carboxylic acids is 2.